The van der Waals surface area contributed by atoms with Crippen molar-refractivity contribution < 1.29 is 9.21 Å². The third kappa shape index (κ3) is 3.51. The van der Waals surface area contributed by atoms with Crippen LogP contribution in [0.5, 0.6) is 0 Å². The third-order valence-electron chi connectivity index (χ3n) is 5.77. The van der Waals surface area contributed by atoms with E-state index in [9.17, 15) is 4.79 Å². The molecule has 2 aromatic carbocycles. The summed E-state index contributed by atoms with van der Waals surface area (Å²) in [4.78, 5) is 15.1. The van der Waals surface area contributed by atoms with E-state index in [1.165, 1.54) is 5.56 Å². The van der Waals surface area contributed by atoms with Crippen LogP contribution in [0.15, 0.2) is 77.4 Å². The van der Waals surface area contributed by atoms with E-state index in [2.05, 4.69) is 39.0 Å². The number of furan rings is 1. The average molecular weight is 406 g/mol. The second-order valence-corrected chi connectivity index (χ2v) is 8.80. The number of carbonyl (C=O) groups is 1. The van der Waals surface area contributed by atoms with Gasteiger partial charge in [0, 0.05) is 27.7 Å². The predicted octanol–water partition coefficient (Wildman–Crippen LogP) is 6.47. The standard InChI is InChI=1S/C25H24ClNO2/c1-24(2)17-25(3,18-10-12-19(26)13-11-18)21-8-4-5-9-22(21)27(24)23(28)15-14-20-7-6-16-29-20/h4-16H,17H2,1-3H3/b15-14-/t25-/m1/s1. The fraction of sp³-hybridized carbons (Fsp3) is 0.240. The molecule has 29 heavy (non-hydrogen) atoms. The Morgan fingerprint density at radius 2 is 1.76 bits per heavy atom. The zero-order valence-corrected chi connectivity index (χ0v) is 17.6. The van der Waals surface area contributed by atoms with Gasteiger partial charge in [0.05, 0.1) is 6.26 Å². The summed E-state index contributed by atoms with van der Waals surface area (Å²) in [7, 11) is 0. The van der Waals surface area contributed by atoms with Crippen LogP contribution in [0.25, 0.3) is 6.08 Å². The van der Waals surface area contributed by atoms with Gasteiger partial charge in [-0.1, -0.05) is 48.9 Å². The Morgan fingerprint density at radius 1 is 1.03 bits per heavy atom. The summed E-state index contributed by atoms with van der Waals surface area (Å²) in [6, 6.07) is 19.8. The Bertz CT molecular complexity index is 1050. The number of hydrogen-bond acceptors (Lipinski definition) is 2. The van der Waals surface area contributed by atoms with Gasteiger partial charge < -0.3 is 9.32 Å². The van der Waals surface area contributed by atoms with Crippen molar-refractivity contribution in [2.75, 3.05) is 4.90 Å². The molecule has 1 atom stereocenters. The maximum atomic E-state index is 13.2. The summed E-state index contributed by atoms with van der Waals surface area (Å²) in [5.41, 5.74) is 2.66. The van der Waals surface area contributed by atoms with Crippen LogP contribution in [0.3, 0.4) is 0 Å². The number of nitrogens with zero attached hydrogens (tertiary/aromatic N) is 1. The Labute approximate surface area is 176 Å². The zero-order chi connectivity index (χ0) is 20.6. The maximum absolute atomic E-state index is 13.2. The highest BCUT2D eigenvalue weighted by molar-refractivity contribution is 6.30. The van der Waals surface area contributed by atoms with Crippen molar-refractivity contribution in [3.63, 3.8) is 0 Å². The summed E-state index contributed by atoms with van der Waals surface area (Å²) in [6.45, 7) is 6.49. The number of rotatable bonds is 3. The molecule has 148 valence electrons. The number of hydrogen-bond donors (Lipinski definition) is 0. The topological polar surface area (TPSA) is 33.5 Å². The lowest BCUT2D eigenvalue weighted by molar-refractivity contribution is -0.115. The van der Waals surface area contributed by atoms with Crippen LogP contribution in [0.4, 0.5) is 5.69 Å². The fourth-order valence-electron chi connectivity index (χ4n) is 4.61. The first-order chi connectivity index (χ1) is 13.8. The number of fused-ring (bicyclic) bond motifs is 1. The quantitative estimate of drug-likeness (QED) is 0.468. The number of amides is 1. The highest BCUT2D eigenvalue weighted by atomic mass is 35.5. The normalized spacial score (nSPS) is 20.6. The first kappa shape index (κ1) is 19.5. The van der Waals surface area contributed by atoms with Crippen LogP contribution in [0, 0.1) is 0 Å². The van der Waals surface area contributed by atoms with E-state index in [1.807, 2.05) is 47.4 Å². The van der Waals surface area contributed by atoms with E-state index in [0.29, 0.717) is 5.76 Å². The molecule has 1 aliphatic rings. The van der Waals surface area contributed by atoms with E-state index in [4.69, 9.17) is 16.0 Å². The summed E-state index contributed by atoms with van der Waals surface area (Å²) in [5, 5.41) is 0.723. The van der Waals surface area contributed by atoms with Gasteiger partial charge in [-0.2, -0.15) is 0 Å². The number of para-hydroxylation sites is 1. The average Bonchev–Trinajstić information content (AvgIpc) is 3.20. The largest absolute Gasteiger partial charge is 0.465 e. The van der Waals surface area contributed by atoms with Crippen molar-refractivity contribution in [3.8, 4) is 0 Å². The minimum Gasteiger partial charge on any atom is -0.465 e. The molecule has 4 heteroatoms. The van der Waals surface area contributed by atoms with E-state index in [0.717, 1.165) is 22.7 Å². The number of halogens is 1. The van der Waals surface area contributed by atoms with Crippen LogP contribution in [0.1, 0.15) is 44.1 Å². The molecule has 0 saturated heterocycles. The van der Waals surface area contributed by atoms with Crippen molar-refractivity contribution in [1.29, 1.82) is 0 Å². The SMILES string of the molecule is CC1(C)C[C@](C)(c2ccc(Cl)cc2)c2ccccc2N1C(=O)/C=C\c1ccco1. The van der Waals surface area contributed by atoms with Gasteiger partial charge in [0.2, 0.25) is 0 Å². The molecule has 3 nitrogen and oxygen atoms in total. The fourth-order valence-corrected chi connectivity index (χ4v) is 4.73. The van der Waals surface area contributed by atoms with E-state index >= 15 is 0 Å². The Kier molecular flexibility index (Phi) is 4.87. The monoisotopic (exact) mass is 405 g/mol. The molecule has 0 spiro atoms. The molecule has 0 fully saturated rings. The molecule has 0 bridgehead atoms. The Hall–Kier alpha value is -2.78. The van der Waals surface area contributed by atoms with Gasteiger partial charge in [-0.05, 0) is 67.8 Å². The van der Waals surface area contributed by atoms with Crippen molar-refractivity contribution in [1.82, 2.24) is 0 Å². The van der Waals surface area contributed by atoms with E-state index < -0.39 is 0 Å². The highest BCUT2D eigenvalue weighted by Gasteiger charge is 2.47. The maximum Gasteiger partial charge on any atom is 0.251 e. The number of benzene rings is 2. The van der Waals surface area contributed by atoms with Gasteiger partial charge in [0.15, 0.2) is 0 Å². The van der Waals surface area contributed by atoms with Crippen LogP contribution < -0.4 is 4.90 Å². The first-order valence-corrected chi connectivity index (χ1v) is 10.1. The molecule has 4 rings (SSSR count). The molecular weight excluding hydrogens is 382 g/mol. The highest BCUT2D eigenvalue weighted by Crippen LogP contribution is 2.50. The second kappa shape index (κ2) is 7.23. The third-order valence-corrected chi connectivity index (χ3v) is 6.02. The predicted molar refractivity (Wildman–Crippen MR) is 118 cm³/mol. The van der Waals surface area contributed by atoms with Crippen molar-refractivity contribution >= 4 is 29.3 Å². The van der Waals surface area contributed by atoms with Gasteiger partial charge in [-0.3, -0.25) is 4.79 Å². The van der Waals surface area contributed by atoms with Gasteiger partial charge in [0.1, 0.15) is 5.76 Å². The molecule has 0 radical (unpaired) electrons. The summed E-state index contributed by atoms with van der Waals surface area (Å²) in [6.07, 6.45) is 5.69. The minimum atomic E-state index is -0.382. The molecule has 0 unspecified atom stereocenters. The molecule has 0 saturated carbocycles. The van der Waals surface area contributed by atoms with Crippen LogP contribution in [0.2, 0.25) is 5.02 Å². The molecule has 0 aliphatic carbocycles. The van der Waals surface area contributed by atoms with Crippen LogP contribution >= 0.6 is 11.6 Å². The molecule has 2 heterocycles. The van der Waals surface area contributed by atoms with Gasteiger partial charge in [0.25, 0.3) is 5.91 Å². The Morgan fingerprint density at radius 3 is 2.45 bits per heavy atom. The molecule has 3 aromatic rings. The van der Waals surface area contributed by atoms with Crippen molar-refractivity contribution in [3.05, 3.63) is 94.9 Å². The summed E-state index contributed by atoms with van der Waals surface area (Å²) in [5.74, 6) is 0.601. The van der Waals surface area contributed by atoms with Gasteiger partial charge in [-0.25, -0.2) is 0 Å². The van der Waals surface area contributed by atoms with E-state index in [-0.39, 0.29) is 16.9 Å². The smallest absolute Gasteiger partial charge is 0.251 e. The molecular formula is C25H24ClNO2. The number of anilines is 1. The molecule has 0 N–H and O–H groups in total. The molecule has 1 amide bonds. The minimum absolute atomic E-state index is 0.0583. The van der Waals surface area contributed by atoms with Crippen molar-refractivity contribution in [2.45, 2.75) is 38.1 Å². The lowest BCUT2D eigenvalue weighted by Crippen LogP contribution is -2.55. The van der Waals surface area contributed by atoms with Gasteiger partial charge >= 0.3 is 0 Å². The molecule has 1 aliphatic heterocycles. The van der Waals surface area contributed by atoms with E-state index in [1.54, 1.807) is 18.4 Å². The summed E-state index contributed by atoms with van der Waals surface area (Å²) < 4.78 is 5.32. The lowest BCUT2D eigenvalue weighted by atomic mass is 9.65. The van der Waals surface area contributed by atoms with Crippen LogP contribution in [-0.4, -0.2) is 11.4 Å². The second-order valence-electron chi connectivity index (χ2n) is 8.37. The van der Waals surface area contributed by atoms with Crippen LogP contribution in [-0.2, 0) is 10.2 Å². The number of carbonyl (C=O) groups excluding carboxylic acids is 1. The van der Waals surface area contributed by atoms with Gasteiger partial charge in [-0.15, -0.1) is 0 Å². The lowest BCUT2D eigenvalue weighted by Gasteiger charge is -2.51. The zero-order valence-electron chi connectivity index (χ0n) is 16.9. The molecule has 1 aromatic heterocycles. The summed E-state index contributed by atoms with van der Waals surface area (Å²) >= 11 is 6.13. The Balaban J connectivity index is 1.80. The first-order valence-electron chi connectivity index (χ1n) is 9.73. The van der Waals surface area contributed by atoms with Crippen molar-refractivity contribution in [2.24, 2.45) is 0 Å².